The minimum absolute atomic E-state index is 0.720. The van der Waals surface area contributed by atoms with Crippen LogP contribution < -0.4 is 0 Å². The molecule has 62 valence electrons. The van der Waals surface area contributed by atoms with Crippen LogP contribution in [0.25, 0.3) is 0 Å². The first-order valence-corrected chi connectivity index (χ1v) is 3.95. The second-order valence-corrected chi connectivity index (χ2v) is 2.32. The second kappa shape index (κ2) is 4.44. The molecular formula is C10H12N2. The van der Waals surface area contributed by atoms with Gasteiger partial charge in [0.25, 0.3) is 0 Å². The van der Waals surface area contributed by atoms with Crippen LogP contribution in [0, 0.1) is 0 Å². The molecule has 0 radical (unpaired) electrons. The Bertz CT molecular complexity index is 275. The Morgan fingerprint density at radius 3 is 2.50 bits per heavy atom. The standard InChI is InChI=1S/C10H12N2/c1-3-12-10(11-2)9-7-5-4-6-8-9/h4-8H,2-3H2,1H3. The topological polar surface area (TPSA) is 24.7 Å². The Balaban J connectivity index is 2.96. The van der Waals surface area contributed by atoms with Crippen molar-refractivity contribution in [3.63, 3.8) is 0 Å². The Morgan fingerprint density at radius 2 is 2.00 bits per heavy atom. The highest BCUT2D eigenvalue weighted by atomic mass is 14.9. The predicted molar refractivity (Wildman–Crippen MR) is 53.1 cm³/mol. The van der Waals surface area contributed by atoms with E-state index in [1.165, 1.54) is 0 Å². The minimum atomic E-state index is 0.720. The molecule has 0 aliphatic carbocycles. The molecule has 0 fully saturated rings. The lowest BCUT2D eigenvalue weighted by Crippen LogP contribution is -1.96. The zero-order valence-corrected chi connectivity index (χ0v) is 7.20. The van der Waals surface area contributed by atoms with E-state index in [1.54, 1.807) is 0 Å². The van der Waals surface area contributed by atoms with E-state index in [2.05, 4.69) is 16.7 Å². The summed E-state index contributed by atoms with van der Waals surface area (Å²) in [7, 11) is 0. The molecular weight excluding hydrogens is 148 g/mol. The summed E-state index contributed by atoms with van der Waals surface area (Å²) in [5.74, 6) is 0.720. The zero-order chi connectivity index (χ0) is 8.81. The number of benzene rings is 1. The quantitative estimate of drug-likeness (QED) is 0.468. The van der Waals surface area contributed by atoms with Crippen molar-refractivity contribution in [1.82, 2.24) is 0 Å². The highest BCUT2D eigenvalue weighted by molar-refractivity contribution is 6.01. The number of aliphatic imine (C=N–C) groups is 2. The van der Waals surface area contributed by atoms with Gasteiger partial charge in [-0.05, 0) is 13.6 Å². The van der Waals surface area contributed by atoms with Crippen molar-refractivity contribution in [3.8, 4) is 0 Å². The normalized spacial score (nSPS) is 11.2. The molecule has 1 aromatic rings. The van der Waals surface area contributed by atoms with E-state index < -0.39 is 0 Å². The molecule has 0 aliphatic rings. The smallest absolute Gasteiger partial charge is 0.153 e. The molecule has 0 atom stereocenters. The number of hydrogen-bond donors (Lipinski definition) is 0. The summed E-state index contributed by atoms with van der Waals surface area (Å²) in [6, 6.07) is 9.85. The molecule has 12 heavy (non-hydrogen) atoms. The Labute approximate surface area is 72.7 Å². The fourth-order valence-electron chi connectivity index (χ4n) is 0.970. The summed E-state index contributed by atoms with van der Waals surface area (Å²) in [5, 5.41) is 0. The largest absolute Gasteiger partial charge is 0.267 e. The van der Waals surface area contributed by atoms with Gasteiger partial charge in [-0.25, -0.2) is 4.99 Å². The first kappa shape index (κ1) is 8.65. The van der Waals surface area contributed by atoms with Crippen LogP contribution in [0.2, 0.25) is 0 Å². The molecule has 1 rings (SSSR count). The van der Waals surface area contributed by atoms with E-state index in [1.807, 2.05) is 37.3 Å². The lowest BCUT2D eigenvalue weighted by molar-refractivity contribution is 1.12. The monoisotopic (exact) mass is 160 g/mol. The van der Waals surface area contributed by atoms with Crippen molar-refractivity contribution in [2.45, 2.75) is 6.92 Å². The SMILES string of the molecule is C=NC(=NCC)c1ccccc1. The molecule has 0 unspecified atom stereocenters. The van der Waals surface area contributed by atoms with E-state index in [0.717, 1.165) is 17.9 Å². The third kappa shape index (κ3) is 2.02. The summed E-state index contributed by atoms with van der Waals surface area (Å²) in [6.07, 6.45) is 0. The van der Waals surface area contributed by atoms with Crippen molar-refractivity contribution in [3.05, 3.63) is 35.9 Å². The Morgan fingerprint density at radius 1 is 1.33 bits per heavy atom. The third-order valence-electron chi connectivity index (χ3n) is 1.49. The lowest BCUT2D eigenvalue weighted by Gasteiger charge is -1.98. The van der Waals surface area contributed by atoms with E-state index in [4.69, 9.17) is 0 Å². The van der Waals surface area contributed by atoms with Gasteiger partial charge in [0.2, 0.25) is 0 Å². The fraction of sp³-hybridized carbons (Fsp3) is 0.200. The second-order valence-electron chi connectivity index (χ2n) is 2.32. The van der Waals surface area contributed by atoms with Gasteiger partial charge in [0, 0.05) is 12.1 Å². The molecule has 2 nitrogen and oxygen atoms in total. The van der Waals surface area contributed by atoms with Crippen molar-refractivity contribution in [2.24, 2.45) is 9.98 Å². The Hall–Kier alpha value is -1.44. The first-order valence-electron chi connectivity index (χ1n) is 3.95. The van der Waals surface area contributed by atoms with Gasteiger partial charge in [-0.15, -0.1) is 0 Å². The van der Waals surface area contributed by atoms with Crippen molar-refractivity contribution < 1.29 is 0 Å². The van der Waals surface area contributed by atoms with Gasteiger partial charge in [-0.1, -0.05) is 30.3 Å². The molecule has 0 spiro atoms. The first-order chi connectivity index (χ1) is 5.88. The maximum atomic E-state index is 4.20. The average molecular weight is 160 g/mol. The van der Waals surface area contributed by atoms with Gasteiger partial charge < -0.3 is 0 Å². The van der Waals surface area contributed by atoms with Crippen molar-refractivity contribution in [1.29, 1.82) is 0 Å². The molecule has 0 saturated carbocycles. The van der Waals surface area contributed by atoms with Crippen LogP contribution in [0.3, 0.4) is 0 Å². The third-order valence-corrected chi connectivity index (χ3v) is 1.49. The van der Waals surface area contributed by atoms with Crippen molar-refractivity contribution >= 4 is 12.6 Å². The number of nitrogens with zero attached hydrogens (tertiary/aromatic N) is 2. The maximum Gasteiger partial charge on any atom is 0.153 e. The van der Waals surface area contributed by atoms with E-state index in [9.17, 15) is 0 Å². The number of rotatable bonds is 2. The highest BCUT2D eigenvalue weighted by Gasteiger charge is 1.96. The van der Waals surface area contributed by atoms with Crippen LogP contribution in [0.5, 0.6) is 0 Å². The molecule has 0 aliphatic heterocycles. The van der Waals surface area contributed by atoms with Crippen LogP contribution >= 0.6 is 0 Å². The summed E-state index contributed by atoms with van der Waals surface area (Å²) >= 11 is 0. The molecule has 0 saturated heterocycles. The van der Waals surface area contributed by atoms with Crippen LogP contribution in [-0.4, -0.2) is 19.1 Å². The lowest BCUT2D eigenvalue weighted by atomic mass is 10.2. The van der Waals surface area contributed by atoms with Crippen LogP contribution in [0.15, 0.2) is 40.3 Å². The van der Waals surface area contributed by atoms with Gasteiger partial charge in [-0.3, -0.25) is 4.99 Å². The minimum Gasteiger partial charge on any atom is -0.267 e. The van der Waals surface area contributed by atoms with Gasteiger partial charge in [0.15, 0.2) is 5.84 Å². The highest BCUT2D eigenvalue weighted by Crippen LogP contribution is 2.01. The van der Waals surface area contributed by atoms with Crippen molar-refractivity contribution in [2.75, 3.05) is 6.54 Å². The van der Waals surface area contributed by atoms with Gasteiger partial charge >= 0.3 is 0 Å². The summed E-state index contributed by atoms with van der Waals surface area (Å²) in [4.78, 5) is 8.05. The van der Waals surface area contributed by atoms with Crippen LogP contribution in [0.4, 0.5) is 0 Å². The predicted octanol–water partition coefficient (Wildman–Crippen LogP) is 2.15. The average Bonchev–Trinajstić information content (AvgIpc) is 2.15. The molecule has 0 bridgehead atoms. The van der Waals surface area contributed by atoms with Crippen LogP contribution in [-0.2, 0) is 0 Å². The van der Waals surface area contributed by atoms with E-state index >= 15 is 0 Å². The molecule has 1 aromatic carbocycles. The number of hydrogen-bond acceptors (Lipinski definition) is 1. The van der Waals surface area contributed by atoms with E-state index in [0.29, 0.717) is 0 Å². The maximum absolute atomic E-state index is 4.20. The molecule has 0 amide bonds. The van der Waals surface area contributed by atoms with Crippen LogP contribution in [0.1, 0.15) is 12.5 Å². The summed E-state index contributed by atoms with van der Waals surface area (Å²) in [5.41, 5.74) is 1.02. The van der Waals surface area contributed by atoms with Gasteiger partial charge in [0.1, 0.15) is 0 Å². The molecule has 2 heteroatoms. The Kier molecular flexibility index (Phi) is 3.20. The molecule has 0 heterocycles. The molecule has 0 aromatic heterocycles. The zero-order valence-electron chi connectivity index (χ0n) is 7.20. The summed E-state index contributed by atoms with van der Waals surface area (Å²) < 4.78 is 0. The summed E-state index contributed by atoms with van der Waals surface area (Å²) in [6.45, 7) is 6.19. The van der Waals surface area contributed by atoms with E-state index in [-0.39, 0.29) is 0 Å². The fourth-order valence-corrected chi connectivity index (χ4v) is 0.970. The molecule has 0 N–H and O–H groups in total. The van der Waals surface area contributed by atoms with Gasteiger partial charge in [0.05, 0.1) is 0 Å². The number of amidine groups is 1. The van der Waals surface area contributed by atoms with Gasteiger partial charge in [-0.2, -0.15) is 0 Å².